The Balaban J connectivity index is -0.0000000309. The predicted molar refractivity (Wildman–Crippen MR) is 102 cm³/mol. The number of hydrogen-bond donors (Lipinski definition) is 6. The summed E-state index contributed by atoms with van der Waals surface area (Å²) in [6.07, 6.45) is 0. The first-order chi connectivity index (χ1) is 10.4. The smallest absolute Gasteiger partial charge is 0.0954 e. The van der Waals surface area contributed by atoms with E-state index in [1.165, 1.54) is 0 Å². The number of rotatable bonds is 0. The zero-order chi connectivity index (χ0) is 21.5. The number of nitrogens with two attached hydrogens (primary N) is 6. The van der Waals surface area contributed by atoms with Crippen LogP contribution in [0.25, 0.3) is 0 Å². The number of primary amides is 6. The zero-order valence-corrected chi connectivity index (χ0v) is 19.6. The van der Waals surface area contributed by atoms with Crippen molar-refractivity contribution in [2.75, 3.05) is 0 Å². The molecule has 0 atom stereocenters. The number of carbonyl (C=O) groups excluding carboxylic acids is 6. The van der Waals surface area contributed by atoms with Crippen molar-refractivity contribution in [3.63, 3.8) is 0 Å². The van der Waals surface area contributed by atoms with E-state index in [0.29, 0.717) is 0 Å². The zero-order valence-electron chi connectivity index (χ0n) is 11.8. The maximum Gasteiger partial charge on any atom is 0.0954 e. The van der Waals surface area contributed by atoms with Crippen LogP contribution in [0.15, 0.2) is 0 Å². The summed E-state index contributed by atoms with van der Waals surface area (Å²) in [7, 11) is 0. The van der Waals surface area contributed by atoms with Crippen LogP contribution in [-0.4, -0.2) is 31.4 Å². The number of carbonyl (C=O) groups is 6. The van der Waals surface area contributed by atoms with E-state index in [9.17, 15) is 0 Å². The van der Waals surface area contributed by atoms with Crippen molar-refractivity contribution in [2.24, 2.45) is 34.4 Å². The second-order valence-electron chi connectivity index (χ2n) is 1.91. The molecule has 0 heterocycles. The third-order valence-electron chi connectivity index (χ3n) is 0. The van der Waals surface area contributed by atoms with Gasteiger partial charge in [-0.1, -0.05) is 0 Å². The molecule has 0 bridgehead atoms. The minimum Gasteiger partial charge on any atom is -0.719 e. The molecule has 0 aliphatic carbocycles. The minimum atomic E-state index is -0.750. The monoisotopic (exact) mass is 640 g/mol. The molecule has 0 aromatic rings. The van der Waals surface area contributed by atoms with Crippen LogP contribution < -0.4 is 34.4 Å². The fraction of sp³-hybridized carbons (Fsp3) is 0. The molecule has 0 fully saturated rings. The van der Waals surface area contributed by atoms with Crippen molar-refractivity contribution in [1.82, 2.24) is 0 Å². The van der Waals surface area contributed by atoms with Gasteiger partial charge in [0.05, 0.1) is 31.4 Å². The summed E-state index contributed by atoms with van der Waals surface area (Å²) in [6.45, 7) is 0. The summed E-state index contributed by atoms with van der Waals surface area (Å²) in [5, 5.41) is -4.50. The fourth-order valence-corrected chi connectivity index (χ4v) is 0. The van der Waals surface area contributed by atoms with Crippen molar-refractivity contribution in [3.05, 3.63) is 0 Å². The van der Waals surface area contributed by atoms with Crippen LogP contribution in [0.4, 0.5) is 28.8 Å². The van der Waals surface area contributed by atoms with Crippen LogP contribution in [0.5, 0.6) is 0 Å². The summed E-state index contributed by atoms with van der Waals surface area (Å²) in [5.74, 6) is 0. The Morgan fingerprint density at radius 3 is 0.360 bits per heavy atom. The molecule has 0 rings (SSSR count). The second kappa shape index (κ2) is 38.4. The molecule has 12 N–H and O–H groups in total. The summed E-state index contributed by atoms with van der Waals surface area (Å²) in [4.78, 5) is 54.2. The van der Waals surface area contributed by atoms with Crippen LogP contribution >= 0.6 is 0 Å². The molecule has 0 unspecified atom stereocenters. The van der Waals surface area contributed by atoms with Gasteiger partial charge in [0, 0.05) is 21.1 Å². The van der Waals surface area contributed by atoms with Crippen LogP contribution in [-0.2, 0) is 96.8 Å². The first-order valence-corrected chi connectivity index (χ1v) is 6.63. The van der Waals surface area contributed by atoms with E-state index in [1.54, 1.807) is 0 Å². The van der Waals surface area contributed by atoms with Crippen LogP contribution in [0.1, 0.15) is 0 Å². The maximum atomic E-state index is 9.04. The maximum absolute atomic E-state index is 9.04. The molecular weight excluding hydrogens is 628 g/mol. The molecule has 0 aromatic heterocycles. The molecule has 0 saturated heterocycles. The largest absolute Gasteiger partial charge is 0.719 e. The van der Waals surface area contributed by atoms with Crippen LogP contribution in [0.2, 0.25) is 0 Å². The molecule has 0 aromatic carbocycles. The topological polar surface area (TPSA) is 259 Å². The van der Waals surface area contributed by atoms with Gasteiger partial charge in [0.1, 0.15) is 0 Å². The Bertz CT molecular complexity index is 285. The van der Waals surface area contributed by atoms with E-state index in [1.807, 2.05) is 0 Å². The molecular formula is C6H12N6O6S6W-6. The summed E-state index contributed by atoms with van der Waals surface area (Å²) >= 11 is 22.6. The summed E-state index contributed by atoms with van der Waals surface area (Å²) in [5.41, 5.74) is 25.7. The molecule has 12 nitrogen and oxygen atoms in total. The second-order valence-corrected chi connectivity index (χ2v) is 4.33. The van der Waals surface area contributed by atoms with E-state index in [2.05, 4.69) is 110 Å². The van der Waals surface area contributed by atoms with Crippen LogP contribution in [0, 0.1) is 0 Å². The van der Waals surface area contributed by atoms with Gasteiger partial charge in [-0.3, -0.25) is 0 Å². The predicted octanol–water partition coefficient (Wildman–Crippen LogP) is -2.33. The minimum absolute atomic E-state index is 0. The van der Waals surface area contributed by atoms with Gasteiger partial charge in [-0.05, 0) is 0 Å². The average Bonchev–Trinajstić information content (AvgIpc) is 2.08. The van der Waals surface area contributed by atoms with Crippen molar-refractivity contribution in [2.45, 2.75) is 0 Å². The van der Waals surface area contributed by atoms with Gasteiger partial charge in [0.15, 0.2) is 0 Å². The van der Waals surface area contributed by atoms with E-state index < -0.39 is 31.4 Å². The van der Waals surface area contributed by atoms with Crippen molar-refractivity contribution in [3.8, 4) is 0 Å². The van der Waals surface area contributed by atoms with Crippen molar-refractivity contribution >= 4 is 107 Å². The Kier molecular flexibility index (Phi) is 67.4. The third kappa shape index (κ3) is 7210. The first-order valence-electron chi connectivity index (χ1n) is 4.18. The van der Waals surface area contributed by atoms with Gasteiger partial charge in [-0.2, -0.15) is 0 Å². The van der Waals surface area contributed by atoms with Gasteiger partial charge in [-0.25, -0.2) is 0 Å². The quantitative estimate of drug-likeness (QED) is 0.152. The molecule has 6 amide bonds. The Morgan fingerprint density at radius 1 is 0.360 bits per heavy atom. The average molecular weight is 640 g/mol. The van der Waals surface area contributed by atoms with Crippen molar-refractivity contribution < 1.29 is 49.8 Å². The summed E-state index contributed by atoms with van der Waals surface area (Å²) in [6, 6.07) is 0. The normalized spacial score (nSPS) is 5.76. The van der Waals surface area contributed by atoms with E-state index >= 15 is 0 Å². The number of hydrogen-bond acceptors (Lipinski definition) is 12. The van der Waals surface area contributed by atoms with E-state index in [0.717, 1.165) is 0 Å². The first kappa shape index (κ1) is 43.8. The Morgan fingerprint density at radius 2 is 0.360 bits per heavy atom. The van der Waals surface area contributed by atoms with Gasteiger partial charge in [0.2, 0.25) is 0 Å². The number of amides is 6. The molecule has 19 heteroatoms. The van der Waals surface area contributed by atoms with E-state index in [-0.39, 0.29) is 21.1 Å². The molecule has 0 aliphatic heterocycles. The molecule has 150 valence electrons. The van der Waals surface area contributed by atoms with Gasteiger partial charge >= 0.3 is 0 Å². The Labute approximate surface area is 190 Å². The van der Waals surface area contributed by atoms with E-state index in [4.69, 9.17) is 28.8 Å². The Hall–Kier alpha value is -1.17. The molecule has 0 aliphatic rings. The molecule has 0 saturated carbocycles. The molecule has 25 heavy (non-hydrogen) atoms. The van der Waals surface area contributed by atoms with Crippen molar-refractivity contribution in [1.29, 1.82) is 0 Å². The van der Waals surface area contributed by atoms with Gasteiger partial charge in [-0.15, -0.1) is 0 Å². The summed E-state index contributed by atoms with van der Waals surface area (Å²) < 4.78 is 0. The van der Waals surface area contributed by atoms with Gasteiger partial charge < -0.3 is 139 Å². The van der Waals surface area contributed by atoms with Gasteiger partial charge in [0.25, 0.3) is 0 Å². The molecule has 0 radical (unpaired) electrons. The SMILES string of the molecule is NC(=O)[S-].NC(=O)[S-].NC(=O)[S-].NC(=O)[S-].NC(=O)[S-].NC(=O)[S-].[W]. The van der Waals surface area contributed by atoms with Crippen LogP contribution in [0.3, 0.4) is 0 Å². The third-order valence-corrected chi connectivity index (χ3v) is 0. The standard InChI is InChI=1S/6CH3NOS.W/c6*2-1(3)4;/h6*(H3,2,3,4);/p-6. The molecule has 0 spiro atoms. The fourth-order valence-electron chi connectivity index (χ4n) is 0.